The first-order valence-electron chi connectivity index (χ1n) is 35.4. The van der Waals surface area contributed by atoms with Gasteiger partial charge in [-0.2, -0.15) is 0 Å². The van der Waals surface area contributed by atoms with Gasteiger partial charge in [-0.05, 0) is 133 Å². The van der Waals surface area contributed by atoms with E-state index in [0.29, 0.717) is 25.1 Å². The second-order valence-corrected chi connectivity index (χ2v) is 31.2. The summed E-state index contributed by atoms with van der Waals surface area (Å²) in [6, 6.07) is -7.96. The van der Waals surface area contributed by atoms with E-state index in [1.807, 2.05) is 88.3 Å². The molecule has 0 aromatic rings. The van der Waals surface area contributed by atoms with E-state index in [-0.39, 0.29) is 86.2 Å². The average molecular weight is 1360 g/mol. The number of nitrogens with one attached hydrogen (secondary N) is 1. The van der Waals surface area contributed by atoms with Crippen LogP contribution in [-0.2, 0) is 52.7 Å². The highest BCUT2D eigenvalue weighted by molar-refractivity contribution is 8.00. The maximum absolute atomic E-state index is 15.5. The number of likely N-dealkylation sites (N-methyl/N-ethyl adjacent to an activating group) is 7. The first-order valence-corrected chi connectivity index (χ1v) is 36.4. The predicted octanol–water partition coefficient (Wildman–Crippen LogP) is 8.72. The Bertz CT molecular complexity index is 2560. The standard InChI is InChI=1S/C73H131N9O12S/c1-28-31-33-50(18)64(86)63-61(85)41-53(29-2)67(89)81(27)73(95-35-32-34-82(30-3)49(16)17)72(94)76(22)56(37-44(6)7)60(84)42-54(47(12)13)68(90)75(21)55(36-43(4)5)59(83)40-51(19)65(87)74-52(20)66(88)77(23)57(38-45(8)9)69(91)78(24)58(39-46(10)11)70(92)79(25)62(48(14)15)71(93)80(63)26/h28,31,43-58,62-64,73,86H,29-30,32-42H2,1-27H3,(H,74,87)/b31-28+/t50-,51+,52+,53+,54-,55-,56+,57-,58-,62-,63+,64-,73-/m1/s1. The molecule has 0 bridgehead atoms. The molecule has 0 aromatic heterocycles. The smallest absolute Gasteiger partial charge is 0.256 e. The van der Waals surface area contributed by atoms with Crippen LogP contribution in [-0.4, -0.2) is 237 Å². The number of hydrogen-bond acceptors (Lipinski definition) is 14. The Balaban J connectivity index is 4.57. The largest absolute Gasteiger partial charge is 0.390 e. The quantitative estimate of drug-likeness (QED) is 0.0761. The first-order chi connectivity index (χ1) is 44.0. The number of rotatable bonds is 22. The van der Waals surface area contributed by atoms with Crippen LogP contribution in [0.3, 0.4) is 0 Å². The molecule has 1 aliphatic rings. The highest BCUT2D eigenvalue weighted by Crippen LogP contribution is 2.31. The second kappa shape index (κ2) is 41.2. The summed E-state index contributed by atoms with van der Waals surface area (Å²) in [6.07, 6.45) is 3.15. The van der Waals surface area contributed by atoms with Gasteiger partial charge in [0.25, 0.3) is 5.91 Å². The number of carbonyl (C=O) groups is 11. The summed E-state index contributed by atoms with van der Waals surface area (Å²) in [5.74, 6) is -10.4. The lowest BCUT2D eigenvalue weighted by molar-refractivity contribution is -0.157. The number of carbonyl (C=O) groups excluding carboxylic acids is 11. The normalized spacial score (nSPS) is 26.5. The van der Waals surface area contributed by atoms with Crippen molar-refractivity contribution in [3.05, 3.63) is 12.2 Å². The second-order valence-electron chi connectivity index (χ2n) is 30.0. The van der Waals surface area contributed by atoms with Crippen LogP contribution >= 0.6 is 11.8 Å². The Morgan fingerprint density at radius 3 is 1.40 bits per heavy atom. The summed E-state index contributed by atoms with van der Waals surface area (Å²) in [7, 11) is 10.5. The zero-order valence-electron chi connectivity index (χ0n) is 63.8. The fourth-order valence-electron chi connectivity index (χ4n) is 13.0. The summed E-state index contributed by atoms with van der Waals surface area (Å²) in [4.78, 5) is 177. The molecular weight excluding hydrogens is 1230 g/mol. The van der Waals surface area contributed by atoms with Crippen LogP contribution < -0.4 is 5.32 Å². The predicted molar refractivity (Wildman–Crippen MR) is 380 cm³/mol. The lowest BCUT2D eigenvalue weighted by atomic mass is 9.84. The Morgan fingerprint density at radius 1 is 0.516 bits per heavy atom. The lowest BCUT2D eigenvalue weighted by Crippen LogP contribution is -2.61. The molecule has 0 saturated carbocycles. The monoisotopic (exact) mass is 1360 g/mol. The molecule has 1 saturated heterocycles. The number of hydrogen-bond donors (Lipinski definition) is 2. The summed E-state index contributed by atoms with van der Waals surface area (Å²) < 4.78 is 0. The number of aliphatic hydroxyl groups excluding tert-OH is 1. The minimum Gasteiger partial charge on any atom is -0.390 e. The van der Waals surface area contributed by atoms with Crippen molar-refractivity contribution < 1.29 is 57.8 Å². The minimum atomic E-state index is -1.51. The molecule has 1 aliphatic heterocycles. The lowest BCUT2D eigenvalue weighted by Gasteiger charge is -2.41. The molecule has 0 unspecified atom stereocenters. The highest BCUT2D eigenvalue weighted by Gasteiger charge is 2.46. The Morgan fingerprint density at radius 2 is 0.958 bits per heavy atom. The number of allylic oxidation sites excluding steroid dienone is 2. The van der Waals surface area contributed by atoms with Crippen molar-refractivity contribution in [2.24, 2.45) is 59.2 Å². The molecule has 21 nitrogen and oxygen atoms in total. The summed E-state index contributed by atoms with van der Waals surface area (Å²) in [5, 5.41) is 14.0. The van der Waals surface area contributed by atoms with E-state index in [4.69, 9.17) is 0 Å². The molecule has 2 N–H and O–H groups in total. The van der Waals surface area contributed by atoms with Gasteiger partial charge in [-0.25, -0.2) is 0 Å². The molecule has 13 atom stereocenters. The van der Waals surface area contributed by atoms with Crippen LogP contribution in [0.4, 0.5) is 0 Å². The minimum absolute atomic E-state index is 0.0772. The summed E-state index contributed by atoms with van der Waals surface area (Å²) in [5.41, 5.74) is 0. The third kappa shape index (κ3) is 25.5. The molecule has 22 heteroatoms. The summed E-state index contributed by atoms with van der Waals surface area (Å²) >= 11 is 1.26. The molecule has 0 radical (unpaired) electrons. The fraction of sp³-hybridized carbons (Fsp3) is 0.822. The van der Waals surface area contributed by atoms with Crippen molar-refractivity contribution >= 4 is 76.4 Å². The number of aliphatic hydroxyl groups is 1. The van der Waals surface area contributed by atoms with Crippen molar-refractivity contribution in [3.8, 4) is 0 Å². The first kappa shape index (κ1) is 87.8. The topological polar surface area (TPSA) is 246 Å². The molecule has 1 rings (SSSR count). The highest BCUT2D eigenvalue weighted by atomic mass is 32.2. The van der Waals surface area contributed by atoms with E-state index in [0.717, 1.165) is 6.54 Å². The number of amides is 8. The van der Waals surface area contributed by atoms with Crippen molar-refractivity contribution in [1.29, 1.82) is 0 Å². The van der Waals surface area contributed by atoms with Crippen molar-refractivity contribution in [3.63, 3.8) is 0 Å². The van der Waals surface area contributed by atoms with Crippen LogP contribution in [0.5, 0.6) is 0 Å². The maximum Gasteiger partial charge on any atom is 0.256 e. The van der Waals surface area contributed by atoms with Crippen molar-refractivity contribution in [2.45, 2.75) is 262 Å². The maximum atomic E-state index is 15.5. The average Bonchev–Trinajstić information content (AvgIpc) is 0.811. The van der Waals surface area contributed by atoms with Crippen LogP contribution in [0, 0.1) is 59.2 Å². The van der Waals surface area contributed by atoms with Gasteiger partial charge in [0.1, 0.15) is 30.2 Å². The number of nitrogens with zero attached hydrogens (tertiary/aromatic N) is 8. The van der Waals surface area contributed by atoms with Crippen molar-refractivity contribution in [2.75, 3.05) is 68.2 Å². The third-order valence-corrected chi connectivity index (χ3v) is 20.5. The van der Waals surface area contributed by atoms with Gasteiger partial charge in [0, 0.05) is 92.4 Å². The number of thioether (sulfide) groups is 1. The molecule has 0 spiro atoms. The third-order valence-electron chi connectivity index (χ3n) is 19.2. The van der Waals surface area contributed by atoms with E-state index in [2.05, 4.69) is 31.0 Å². The van der Waals surface area contributed by atoms with Crippen LogP contribution in [0.25, 0.3) is 0 Å². The number of Topliss-reactive ketones (excluding diaryl/α,β-unsaturated/α-hetero) is 3. The van der Waals surface area contributed by atoms with Crippen LogP contribution in [0.2, 0.25) is 0 Å². The van der Waals surface area contributed by atoms with E-state index in [9.17, 15) is 24.3 Å². The van der Waals surface area contributed by atoms with Crippen LogP contribution in [0.1, 0.15) is 203 Å². The molecule has 95 heavy (non-hydrogen) atoms. The van der Waals surface area contributed by atoms with E-state index in [1.54, 1.807) is 41.7 Å². The molecule has 8 amide bonds. The Hall–Kier alpha value is -5.22. The van der Waals surface area contributed by atoms with Crippen molar-refractivity contribution in [1.82, 2.24) is 44.5 Å². The zero-order valence-corrected chi connectivity index (χ0v) is 64.6. The molecule has 546 valence electrons. The fourth-order valence-corrected chi connectivity index (χ4v) is 14.1. The van der Waals surface area contributed by atoms with E-state index in [1.165, 1.54) is 95.3 Å². The van der Waals surface area contributed by atoms with Gasteiger partial charge in [-0.1, -0.05) is 123 Å². The SMILES string of the molecule is C/C=C/C[C@@H](C)[C@@H](O)[C@@H]1C(=O)C[C@H](CC)C(=O)N(C)[C@H](SCCCN(CC)C(C)C)C(=O)N(C)[C@@H](CC(C)C)C(=O)C[C@H](C(C)C)C(=O)N(C)[C@H](CC(C)C)C(=O)C[C@H](C)C(=O)N[C@@H](C)C(=O)N(C)[C@H](CC(C)C)C(=O)N(C)[C@H](CC(C)C)C(=O)N(C)[C@H](C(C)C)C(=O)N1C. The van der Waals surface area contributed by atoms with Crippen LogP contribution in [0.15, 0.2) is 12.2 Å². The Labute approximate surface area is 578 Å². The van der Waals surface area contributed by atoms with Gasteiger partial charge < -0.3 is 49.6 Å². The zero-order chi connectivity index (χ0) is 73.5. The van der Waals surface area contributed by atoms with Gasteiger partial charge in [0.15, 0.2) is 22.7 Å². The Kier molecular flexibility index (Phi) is 38.1. The van der Waals surface area contributed by atoms with E-state index >= 15 is 33.6 Å². The van der Waals surface area contributed by atoms with Gasteiger partial charge in [-0.15, -0.1) is 11.8 Å². The van der Waals surface area contributed by atoms with Gasteiger partial charge in [0.05, 0.1) is 18.2 Å². The molecule has 1 heterocycles. The molecule has 0 aliphatic carbocycles. The summed E-state index contributed by atoms with van der Waals surface area (Å²) in [6.45, 7) is 38.7. The van der Waals surface area contributed by atoms with Gasteiger partial charge in [-0.3, -0.25) is 52.7 Å². The van der Waals surface area contributed by atoms with Gasteiger partial charge >= 0.3 is 0 Å². The van der Waals surface area contributed by atoms with E-state index < -0.39 is 149 Å². The number of ketones is 3. The molecule has 1 fully saturated rings. The van der Waals surface area contributed by atoms with Gasteiger partial charge in [0.2, 0.25) is 41.4 Å². The molecular formula is C73H131N9O12S. The molecule has 0 aromatic carbocycles.